The molecule has 0 aromatic heterocycles. The van der Waals surface area contributed by atoms with E-state index in [9.17, 15) is 0 Å². The standard InChI is InChI=1S/C8H12N2O.ClH/c1-10(9)7-3-5-8(11-2)6-4-7;/h3-6H,9H2,1-2H3;1H. The minimum absolute atomic E-state index is 0. The molecule has 68 valence electrons. The van der Waals surface area contributed by atoms with Crippen LogP contribution in [0.1, 0.15) is 0 Å². The number of nitrogens with two attached hydrogens (primary N) is 1. The number of benzene rings is 1. The Kier molecular flexibility index (Phi) is 4.47. The molecule has 0 radical (unpaired) electrons. The van der Waals surface area contributed by atoms with E-state index in [4.69, 9.17) is 10.6 Å². The third-order valence-electron chi connectivity index (χ3n) is 1.48. The second-order valence-electron chi connectivity index (χ2n) is 2.31. The molecule has 1 aromatic rings. The van der Waals surface area contributed by atoms with Gasteiger partial charge in [0.2, 0.25) is 0 Å². The minimum Gasteiger partial charge on any atom is -0.497 e. The van der Waals surface area contributed by atoms with Crippen LogP contribution in [-0.2, 0) is 0 Å². The third kappa shape index (κ3) is 2.60. The van der Waals surface area contributed by atoms with Gasteiger partial charge < -0.3 is 9.75 Å². The summed E-state index contributed by atoms with van der Waals surface area (Å²) in [5.74, 6) is 6.34. The van der Waals surface area contributed by atoms with E-state index in [1.807, 2.05) is 24.3 Å². The summed E-state index contributed by atoms with van der Waals surface area (Å²) in [4.78, 5) is 0. The van der Waals surface area contributed by atoms with Crippen molar-refractivity contribution < 1.29 is 4.74 Å². The Hall–Kier alpha value is -0.930. The molecule has 1 rings (SSSR count). The van der Waals surface area contributed by atoms with Crippen LogP contribution in [0.15, 0.2) is 24.3 Å². The molecular weight excluding hydrogens is 176 g/mol. The number of halogens is 1. The van der Waals surface area contributed by atoms with E-state index in [-0.39, 0.29) is 12.4 Å². The zero-order valence-corrected chi connectivity index (χ0v) is 7.97. The lowest BCUT2D eigenvalue weighted by Gasteiger charge is -2.11. The highest BCUT2D eigenvalue weighted by Gasteiger charge is 1.94. The smallest absolute Gasteiger partial charge is 0.119 e. The SMILES string of the molecule is COc1ccc(N(C)N)cc1.Cl. The molecule has 0 unspecified atom stereocenters. The number of hydrogen-bond acceptors (Lipinski definition) is 3. The highest BCUT2D eigenvalue weighted by atomic mass is 35.5. The molecule has 12 heavy (non-hydrogen) atoms. The van der Waals surface area contributed by atoms with Crippen LogP contribution in [0.5, 0.6) is 5.75 Å². The Morgan fingerprint density at radius 1 is 1.25 bits per heavy atom. The van der Waals surface area contributed by atoms with E-state index in [1.54, 1.807) is 19.2 Å². The summed E-state index contributed by atoms with van der Waals surface area (Å²) >= 11 is 0. The Balaban J connectivity index is 0.00000121. The van der Waals surface area contributed by atoms with E-state index in [0.717, 1.165) is 11.4 Å². The molecule has 0 bridgehead atoms. The predicted octanol–water partition coefficient (Wildman–Crippen LogP) is 1.43. The molecule has 2 N–H and O–H groups in total. The number of anilines is 1. The van der Waals surface area contributed by atoms with Crippen LogP contribution < -0.4 is 15.6 Å². The number of hydrazine groups is 1. The van der Waals surface area contributed by atoms with Gasteiger partial charge in [0.25, 0.3) is 0 Å². The normalized spacial score (nSPS) is 8.58. The summed E-state index contributed by atoms with van der Waals surface area (Å²) < 4.78 is 4.99. The van der Waals surface area contributed by atoms with Crippen molar-refractivity contribution in [3.8, 4) is 5.75 Å². The van der Waals surface area contributed by atoms with Crippen LogP contribution in [0.25, 0.3) is 0 Å². The van der Waals surface area contributed by atoms with Gasteiger partial charge in [0.05, 0.1) is 12.8 Å². The van der Waals surface area contributed by atoms with Crippen molar-refractivity contribution in [3.05, 3.63) is 24.3 Å². The number of ether oxygens (including phenoxy) is 1. The second kappa shape index (κ2) is 4.85. The molecule has 0 heterocycles. The highest BCUT2D eigenvalue weighted by Crippen LogP contribution is 2.15. The summed E-state index contributed by atoms with van der Waals surface area (Å²) in [5, 5.41) is 1.56. The van der Waals surface area contributed by atoms with E-state index in [2.05, 4.69) is 0 Å². The van der Waals surface area contributed by atoms with Gasteiger partial charge in [0.15, 0.2) is 0 Å². The van der Waals surface area contributed by atoms with Gasteiger partial charge in [-0.15, -0.1) is 12.4 Å². The summed E-state index contributed by atoms with van der Waals surface area (Å²) in [7, 11) is 3.43. The fourth-order valence-corrected chi connectivity index (χ4v) is 0.817. The van der Waals surface area contributed by atoms with Gasteiger partial charge in [-0.1, -0.05) is 0 Å². The van der Waals surface area contributed by atoms with Gasteiger partial charge in [-0.05, 0) is 24.3 Å². The lowest BCUT2D eigenvalue weighted by Crippen LogP contribution is -2.24. The second-order valence-corrected chi connectivity index (χ2v) is 2.31. The van der Waals surface area contributed by atoms with E-state index < -0.39 is 0 Å². The first kappa shape index (κ1) is 11.1. The Morgan fingerprint density at radius 3 is 2.08 bits per heavy atom. The van der Waals surface area contributed by atoms with Gasteiger partial charge in [0, 0.05) is 7.05 Å². The molecule has 0 spiro atoms. The molecule has 0 aliphatic carbocycles. The number of rotatable bonds is 2. The zero-order chi connectivity index (χ0) is 8.27. The molecule has 4 heteroatoms. The monoisotopic (exact) mass is 188 g/mol. The average molecular weight is 189 g/mol. The lowest BCUT2D eigenvalue weighted by molar-refractivity contribution is 0.415. The summed E-state index contributed by atoms with van der Waals surface area (Å²) in [6.07, 6.45) is 0. The van der Waals surface area contributed by atoms with Gasteiger partial charge >= 0.3 is 0 Å². The maximum Gasteiger partial charge on any atom is 0.119 e. The molecule has 0 aliphatic heterocycles. The van der Waals surface area contributed by atoms with Crippen LogP contribution in [0.3, 0.4) is 0 Å². The van der Waals surface area contributed by atoms with Crippen LogP contribution in [0.2, 0.25) is 0 Å². The average Bonchev–Trinajstić information content (AvgIpc) is 2.05. The molecule has 0 atom stereocenters. The fourth-order valence-electron chi connectivity index (χ4n) is 0.817. The highest BCUT2D eigenvalue weighted by molar-refractivity contribution is 5.85. The Bertz CT molecular complexity index is 223. The molecule has 0 saturated carbocycles. The largest absolute Gasteiger partial charge is 0.497 e. The third-order valence-corrected chi connectivity index (χ3v) is 1.48. The number of hydrogen-bond donors (Lipinski definition) is 1. The zero-order valence-electron chi connectivity index (χ0n) is 7.15. The molecule has 0 aliphatic rings. The molecular formula is C8H13ClN2O. The Labute approximate surface area is 78.5 Å². The first-order chi connectivity index (χ1) is 5.24. The van der Waals surface area contributed by atoms with Crippen molar-refractivity contribution in [2.45, 2.75) is 0 Å². The van der Waals surface area contributed by atoms with Crippen molar-refractivity contribution in [2.75, 3.05) is 19.2 Å². The van der Waals surface area contributed by atoms with Crippen molar-refractivity contribution in [2.24, 2.45) is 5.84 Å². The quantitative estimate of drug-likeness (QED) is 0.564. The van der Waals surface area contributed by atoms with Crippen LogP contribution in [0.4, 0.5) is 5.69 Å². The van der Waals surface area contributed by atoms with Crippen molar-refractivity contribution in [1.82, 2.24) is 0 Å². The van der Waals surface area contributed by atoms with Gasteiger partial charge in [-0.3, -0.25) is 0 Å². The van der Waals surface area contributed by atoms with Crippen LogP contribution >= 0.6 is 12.4 Å². The van der Waals surface area contributed by atoms with E-state index in [0.29, 0.717) is 0 Å². The maximum atomic E-state index is 5.50. The van der Waals surface area contributed by atoms with Crippen molar-refractivity contribution in [1.29, 1.82) is 0 Å². The molecule has 1 aromatic carbocycles. The lowest BCUT2D eigenvalue weighted by atomic mass is 10.3. The topological polar surface area (TPSA) is 38.5 Å². The summed E-state index contributed by atoms with van der Waals surface area (Å²) in [6.45, 7) is 0. The Morgan fingerprint density at radius 2 is 1.75 bits per heavy atom. The number of methoxy groups -OCH3 is 1. The molecule has 0 amide bonds. The van der Waals surface area contributed by atoms with E-state index >= 15 is 0 Å². The minimum atomic E-state index is 0. The number of nitrogens with zero attached hydrogens (tertiary/aromatic N) is 1. The first-order valence-corrected chi connectivity index (χ1v) is 3.36. The van der Waals surface area contributed by atoms with Gasteiger partial charge in [-0.25, -0.2) is 5.84 Å². The van der Waals surface area contributed by atoms with Crippen molar-refractivity contribution in [3.63, 3.8) is 0 Å². The molecule has 0 saturated heterocycles. The predicted molar refractivity (Wildman–Crippen MR) is 52.8 cm³/mol. The fraction of sp³-hybridized carbons (Fsp3) is 0.250. The van der Waals surface area contributed by atoms with Crippen molar-refractivity contribution >= 4 is 18.1 Å². The maximum absolute atomic E-state index is 5.50. The summed E-state index contributed by atoms with van der Waals surface area (Å²) in [6, 6.07) is 7.55. The molecule has 0 fully saturated rings. The van der Waals surface area contributed by atoms with Gasteiger partial charge in [0.1, 0.15) is 5.75 Å². The summed E-state index contributed by atoms with van der Waals surface area (Å²) in [5.41, 5.74) is 0.964. The molecule has 3 nitrogen and oxygen atoms in total. The van der Waals surface area contributed by atoms with E-state index in [1.165, 1.54) is 0 Å². The van der Waals surface area contributed by atoms with Crippen LogP contribution in [-0.4, -0.2) is 14.2 Å². The van der Waals surface area contributed by atoms with Crippen LogP contribution in [0, 0.1) is 0 Å². The van der Waals surface area contributed by atoms with Gasteiger partial charge in [-0.2, -0.15) is 0 Å². The first-order valence-electron chi connectivity index (χ1n) is 3.36.